The molecule has 0 spiro atoms. The number of nitrogens with one attached hydrogen (secondary N) is 1. The van der Waals surface area contributed by atoms with Crippen molar-refractivity contribution in [3.05, 3.63) is 75.3 Å². The highest BCUT2D eigenvalue weighted by Crippen LogP contribution is 2.25. The monoisotopic (exact) mass is 355 g/mol. The van der Waals surface area contributed by atoms with E-state index in [0.717, 1.165) is 5.56 Å². The summed E-state index contributed by atoms with van der Waals surface area (Å²) < 4.78 is 5.11. The van der Waals surface area contributed by atoms with Crippen LogP contribution in [0.1, 0.15) is 23.1 Å². The molecular formula is C19H21N3O4. The summed E-state index contributed by atoms with van der Waals surface area (Å²) >= 11 is 0. The molecule has 7 heteroatoms. The number of hydrogen-bond acceptors (Lipinski definition) is 5. The molecule has 0 saturated carbocycles. The second-order valence-corrected chi connectivity index (χ2v) is 5.70. The van der Waals surface area contributed by atoms with Gasteiger partial charge in [-0.2, -0.15) is 0 Å². The number of benzene rings is 2. The number of nitrogen functional groups attached to an aromatic ring is 1. The molecule has 0 radical (unpaired) electrons. The first-order chi connectivity index (χ1) is 12.5. The van der Waals surface area contributed by atoms with Gasteiger partial charge in [-0.25, -0.2) is 4.79 Å². The molecule has 0 aliphatic carbocycles. The number of nitrogens with zero attached hydrogens (tertiary/aromatic N) is 1. The van der Waals surface area contributed by atoms with E-state index in [9.17, 15) is 14.9 Å². The summed E-state index contributed by atoms with van der Waals surface area (Å²) in [6, 6.07) is 12.5. The number of rotatable bonds is 7. The van der Waals surface area contributed by atoms with Crippen molar-refractivity contribution in [1.29, 1.82) is 0 Å². The molecule has 2 rings (SSSR count). The van der Waals surface area contributed by atoms with Gasteiger partial charge in [0.15, 0.2) is 0 Å². The molecule has 0 aliphatic heterocycles. The van der Waals surface area contributed by atoms with Crippen LogP contribution in [0.5, 0.6) is 0 Å². The summed E-state index contributed by atoms with van der Waals surface area (Å²) in [6.45, 7) is 2.30. The third-order valence-electron chi connectivity index (χ3n) is 3.69. The van der Waals surface area contributed by atoms with Gasteiger partial charge in [-0.15, -0.1) is 0 Å². The molecule has 0 fully saturated rings. The van der Waals surface area contributed by atoms with Crippen molar-refractivity contribution >= 4 is 23.5 Å². The van der Waals surface area contributed by atoms with E-state index in [1.54, 1.807) is 19.1 Å². The summed E-state index contributed by atoms with van der Waals surface area (Å²) in [5.74, 6) is 0. The zero-order valence-corrected chi connectivity index (χ0v) is 14.5. The Labute approximate surface area is 151 Å². The summed E-state index contributed by atoms with van der Waals surface area (Å²) in [5, 5.41) is 13.5. The molecule has 0 aromatic heterocycles. The van der Waals surface area contributed by atoms with Crippen LogP contribution in [-0.4, -0.2) is 17.6 Å². The van der Waals surface area contributed by atoms with Crippen LogP contribution in [-0.2, 0) is 11.3 Å². The van der Waals surface area contributed by atoms with Gasteiger partial charge in [0.05, 0.1) is 4.92 Å². The van der Waals surface area contributed by atoms with Crippen molar-refractivity contribution < 1.29 is 14.5 Å². The Morgan fingerprint density at radius 1 is 1.31 bits per heavy atom. The Bertz CT molecular complexity index is 804. The van der Waals surface area contributed by atoms with Gasteiger partial charge in [-0.05, 0) is 30.5 Å². The first-order valence-electron chi connectivity index (χ1n) is 8.13. The lowest BCUT2D eigenvalue weighted by Crippen LogP contribution is -2.24. The smallest absolute Gasteiger partial charge is 0.407 e. The maximum atomic E-state index is 11.6. The average molecular weight is 355 g/mol. The molecule has 0 aliphatic rings. The van der Waals surface area contributed by atoms with Crippen molar-refractivity contribution in [3.8, 4) is 0 Å². The first-order valence-corrected chi connectivity index (χ1v) is 8.13. The number of carbonyl (C=O) groups excluding carboxylic acids is 1. The van der Waals surface area contributed by atoms with Crippen molar-refractivity contribution in [2.45, 2.75) is 20.0 Å². The number of alkyl carbamates (subject to hydrolysis) is 1. The molecule has 0 saturated heterocycles. The SMILES string of the molecule is Cc1cc(C=CCCNC(=O)OCc2ccccc2)c(N)cc1[N+](=O)[O-]. The summed E-state index contributed by atoms with van der Waals surface area (Å²) in [4.78, 5) is 22.0. The molecule has 1 amide bonds. The first kappa shape index (κ1) is 19.0. The Kier molecular flexibility index (Phi) is 6.73. The van der Waals surface area contributed by atoms with Crippen LogP contribution in [0.3, 0.4) is 0 Å². The molecule has 26 heavy (non-hydrogen) atoms. The van der Waals surface area contributed by atoms with Crippen LogP contribution >= 0.6 is 0 Å². The van der Waals surface area contributed by atoms with E-state index in [4.69, 9.17) is 10.5 Å². The highest BCUT2D eigenvalue weighted by atomic mass is 16.6. The fraction of sp³-hybridized carbons (Fsp3) is 0.211. The number of aryl methyl sites for hydroxylation is 1. The molecule has 0 heterocycles. The van der Waals surface area contributed by atoms with Crippen LogP contribution < -0.4 is 11.1 Å². The summed E-state index contributed by atoms with van der Waals surface area (Å²) in [5.41, 5.74) is 8.36. The van der Waals surface area contributed by atoms with Gasteiger partial charge in [0, 0.05) is 23.9 Å². The van der Waals surface area contributed by atoms with E-state index < -0.39 is 11.0 Å². The van der Waals surface area contributed by atoms with E-state index in [1.807, 2.05) is 36.4 Å². The molecule has 3 N–H and O–H groups in total. The van der Waals surface area contributed by atoms with Crippen LogP contribution in [0.15, 0.2) is 48.5 Å². The number of anilines is 1. The summed E-state index contributed by atoms with van der Waals surface area (Å²) in [6.07, 6.45) is 3.72. The minimum Gasteiger partial charge on any atom is -0.445 e. The lowest BCUT2D eigenvalue weighted by atomic mass is 10.1. The number of nitrogens with two attached hydrogens (primary N) is 1. The topological polar surface area (TPSA) is 107 Å². The Hall–Kier alpha value is -3.35. The van der Waals surface area contributed by atoms with Crippen LogP contribution in [0, 0.1) is 17.0 Å². The fourth-order valence-corrected chi connectivity index (χ4v) is 2.32. The number of amides is 1. The number of hydrogen-bond donors (Lipinski definition) is 2. The standard InChI is InChI=1S/C19H21N3O4/c1-14-11-16(17(20)12-18(14)22(24)25)9-5-6-10-21-19(23)26-13-15-7-3-2-4-8-15/h2-5,7-9,11-12H,6,10,13,20H2,1H3,(H,21,23). The van der Waals surface area contributed by atoms with Gasteiger partial charge < -0.3 is 15.8 Å². The van der Waals surface area contributed by atoms with Gasteiger partial charge in [0.1, 0.15) is 6.61 Å². The second-order valence-electron chi connectivity index (χ2n) is 5.70. The number of nitro groups is 1. The second kappa shape index (κ2) is 9.22. The van der Waals surface area contributed by atoms with E-state index in [0.29, 0.717) is 29.8 Å². The average Bonchev–Trinajstić information content (AvgIpc) is 2.62. The highest BCUT2D eigenvalue weighted by molar-refractivity contribution is 5.69. The normalized spacial score (nSPS) is 10.7. The zero-order chi connectivity index (χ0) is 18.9. The predicted octanol–water partition coefficient (Wildman–Crippen LogP) is 3.82. The molecule has 0 unspecified atom stereocenters. The van der Waals surface area contributed by atoms with Gasteiger partial charge in [0.25, 0.3) is 5.69 Å². The fourth-order valence-electron chi connectivity index (χ4n) is 2.32. The van der Waals surface area contributed by atoms with Crippen LogP contribution in [0.4, 0.5) is 16.2 Å². The van der Waals surface area contributed by atoms with Crippen molar-refractivity contribution in [1.82, 2.24) is 5.32 Å². The highest BCUT2D eigenvalue weighted by Gasteiger charge is 2.12. The zero-order valence-electron chi connectivity index (χ0n) is 14.5. The maximum Gasteiger partial charge on any atom is 0.407 e. The number of nitro benzene ring substituents is 1. The van der Waals surface area contributed by atoms with Gasteiger partial charge in [0.2, 0.25) is 0 Å². The Morgan fingerprint density at radius 2 is 2.04 bits per heavy atom. The van der Waals surface area contributed by atoms with Crippen molar-refractivity contribution in [2.24, 2.45) is 0 Å². The predicted molar refractivity (Wildman–Crippen MR) is 101 cm³/mol. The summed E-state index contributed by atoms with van der Waals surface area (Å²) in [7, 11) is 0. The third kappa shape index (κ3) is 5.62. The van der Waals surface area contributed by atoms with Crippen LogP contribution in [0.25, 0.3) is 6.08 Å². The Morgan fingerprint density at radius 3 is 2.73 bits per heavy atom. The lowest BCUT2D eigenvalue weighted by molar-refractivity contribution is -0.385. The van der Waals surface area contributed by atoms with E-state index in [1.165, 1.54) is 6.07 Å². The lowest BCUT2D eigenvalue weighted by Gasteiger charge is -2.06. The minimum atomic E-state index is -0.479. The van der Waals surface area contributed by atoms with E-state index in [2.05, 4.69) is 5.32 Å². The van der Waals surface area contributed by atoms with E-state index in [-0.39, 0.29) is 12.3 Å². The molecule has 2 aromatic rings. The number of carbonyl (C=O) groups is 1. The van der Waals surface area contributed by atoms with Gasteiger partial charge >= 0.3 is 6.09 Å². The van der Waals surface area contributed by atoms with Gasteiger partial charge in [-0.1, -0.05) is 42.5 Å². The minimum absolute atomic E-state index is 0.00229. The van der Waals surface area contributed by atoms with Crippen LogP contribution in [0.2, 0.25) is 0 Å². The maximum absolute atomic E-state index is 11.6. The molecule has 2 aromatic carbocycles. The third-order valence-corrected chi connectivity index (χ3v) is 3.69. The molecule has 7 nitrogen and oxygen atoms in total. The largest absolute Gasteiger partial charge is 0.445 e. The van der Waals surface area contributed by atoms with Crippen molar-refractivity contribution in [2.75, 3.05) is 12.3 Å². The quantitative estimate of drug-likeness (QED) is 0.340. The molecule has 0 bridgehead atoms. The van der Waals surface area contributed by atoms with Crippen molar-refractivity contribution in [3.63, 3.8) is 0 Å². The van der Waals surface area contributed by atoms with Gasteiger partial charge in [-0.3, -0.25) is 10.1 Å². The van der Waals surface area contributed by atoms with E-state index >= 15 is 0 Å². The molecule has 0 atom stereocenters. The Balaban J connectivity index is 1.76. The molecule has 136 valence electrons. The molecular weight excluding hydrogens is 334 g/mol. The number of ether oxygens (including phenoxy) is 1.